The normalized spacial score (nSPS) is 11.6. The highest BCUT2D eigenvalue weighted by Gasteiger charge is 2.18. The minimum absolute atomic E-state index is 0.160. The van der Waals surface area contributed by atoms with Gasteiger partial charge in [-0.3, -0.25) is 4.72 Å². The summed E-state index contributed by atoms with van der Waals surface area (Å²) >= 11 is 9.15. The molecule has 5 nitrogen and oxygen atoms in total. The number of sulfonamides is 1. The highest BCUT2D eigenvalue weighted by atomic mass is 79.9. The first kappa shape index (κ1) is 15.4. The molecule has 3 N–H and O–H groups in total. The van der Waals surface area contributed by atoms with Gasteiger partial charge in [-0.25, -0.2) is 8.42 Å². The van der Waals surface area contributed by atoms with Crippen LogP contribution in [0.4, 0.5) is 5.69 Å². The number of nitrogens with two attached hydrogens (primary N) is 1. The fourth-order valence-electron chi connectivity index (χ4n) is 1.71. The Bertz CT molecular complexity index is 743. The number of nitrogens with one attached hydrogen (secondary N) is 1. The summed E-state index contributed by atoms with van der Waals surface area (Å²) in [5.41, 5.74) is 6.66. The van der Waals surface area contributed by atoms with E-state index >= 15 is 0 Å². The lowest BCUT2D eigenvalue weighted by Gasteiger charge is -2.08. The predicted molar refractivity (Wildman–Crippen MR) is 83.3 cm³/mol. The summed E-state index contributed by atoms with van der Waals surface area (Å²) in [6.45, 7) is 0.271. The first-order valence-electron chi connectivity index (χ1n) is 5.66. The topological polar surface area (TPSA) is 77.1 Å². The standard InChI is InChI=1S/C12H13BrClN3O2S/c1-17-7-10(5-9(17)6-15)20(18,19)16-12-4-8(14)2-3-11(12)13/h2-5,7,16H,6,15H2,1H3. The molecule has 0 saturated heterocycles. The van der Waals surface area contributed by atoms with E-state index < -0.39 is 10.0 Å². The number of benzene rings is 1. The monoisotopic (exact) mass is 377 g/mol. The molecule has 0 unspecified atom stereocenters. The van der Waals surface area contributed by atoms with Crippen LogP contribution in [-0.4, -0.2) is 13.0 Å². The summed E-state index contributed by atoms with van der Waals surface area (Å²) in [4.78, 5) is 0.160. The molecule has 0 aliphatic rings. The Morgan fingerprint density at radius 2 is 2.10 bits per heavy atom. The third-order valence-electron chi connectivity index (χ3n) is 2.77. The van der Waals surface area contributed by atoms with Crippen LogP contribution in [0.15, 0.2) is 39.8 Å². The molecule has 0 aliphatic carbocycles. The van der Waals surface area contributed by atoms with Gasteiger partial charge in [0.15, 0.2) is 0 Å². The van der Waals surface area contributed by atoms with Gasteiger partial charge in [-0.1, -0.05) is 11.6 Å². The highest BCUT2D eigenvalue weighted by molar-refractivity contribution is 9.10. The predicted octanol–water partition coefficient (Wildman–Crippen LogP) is 2.70. The fraction of sp³-hybridized carbons (Fsp3) is 0.167. The SMILES string of the molecule is Cn1cc(S(=O)(=O)Nc2cc(Cl)ccc2Br)cc1CN. The van der Waals surface area contributed by atoms with E-state index in [1.54, 1.807) is 29.8 Å². The van der Waals surface area contributed by atoms with Crippen LogP contribution in [0.5, 0.6) is 0 Å². The molecule has 0 fully saturated rings. The highest BCUT2D eigenvalue weighted by Crippen LogP contribution is 2.28. The van der Waals surface area contributed by atoms with Crippen LogP contribution < -0.4 is 10.5 Å². The van der Waals surface area contributed by atoms with Gasteiger partial charge in [-0.15, -0.1) is 0 Å². The number of aryl methyl sites for hydroxylation is 1. The molecule has 1 aromatic carbocycles. The average Bonchev–Trinajstić information content (AvgIpc) is 2.76. The lowest BCUT2D eigenvalue weighted by Crippen LogP contribution is -2.12. The van der Waals surface area contributed by atoms with Crippen molar-refractivity contribution in [3.8, 4) is 0 Å². The summed E-state index contributed by atoms with van der Waals surface area (Å²) in [6, 6.07) is 6.42. The van der Waals surface area contributed by atoms with Crippen molar-refractivity contribution in [3.63, 3.8) is 0 Å². The molecular weight excluding hydrogens is 366 g/mol. The van der Waals surface area contributed by atoms with E-state index in [0.717, 1.165) is 5.69 Å². The number of aromatic nitrogens is 1. The van der Waals surface area contributed by atoms with Gasteiger partial charge >= 0.3 is 0 Å². The number of rotatable bonds is 4. The van der Waals surface area contributed by atoms with Crippen molar-refractivity contribution in [2.75, 3.05) is 4.72 Å². The molecule has 20 heavy (non-hydrogen) atoms. The molecule has 8 heteroatoms. The summed E-state index contributed by atoms with van der Waals surface area (Å²) in [7, 11) is -1.93. The van der Waals surface area contributed by atoms with E-state index in [2.05, 4.69) is 20.7 Å². The first-order valence-corrected chi connectivity index (χ1v) is 8.32. The van der Waals surface area contributed by atoms with Crippen LogP contribution in [0.1, 0.15) is 5.69 Å². The second-order valence-corrected chi connectivity index (χ2v) is 7.19. The van der Waals surface area contributed by atoms with Crippen molar-refractivity contribution in [2.45, 2.75) is 11.4 Å². The molecule has 0 aliphatic heterocycles. The number of hydrogen-bond donors (Lipinski definition) is 2. The third kappa shape index (κ3) is 3.17. The van der Waals surface area contributed by atoms with Gasteiger partial charge < -0.3 is 10.3 Å². The first-order chi connectivity index (χ1) is 9.33. The maximum absolute atomic E-state index is 12.3. The number of hydrogen-bond acceptors (Lipinski definition) is 3. The van der Waals surface area contributed by atoms with Crippen LogP contribution in [0, 0.1) is 0 Å². The van der Waals surface area contributed by atoms with Gasteiger partial charge in [0.05, 0.1) is 5.69 Å². The Labute approximate surface area is 130 Å². The lowest BCUT2D eigenvalue weighted by atomic mass is 10.3. The van der Waals surface area contributed by atoms with Crippen LogP contribution in [0.25, 0.3) is 0 Å². The van der Waals surface area contributed by atoms with E-state index in [1.165, 1.54) is 12.3 Å². The Hall–Kier alpha value is -1.02. The van der Waals surface area contributed by atoms with E-state index in [4.69, 9.17) is 17.3 Å². The van der Waals surface area contributed by atoms with E-state index in [0.29, 0.717) is 15.2 Å². The molecular formula is C12H13BrClN3O2S. The van der Waals surface area contributed by atoms with Gasteiger partial charge in [0, 0.05) is 35.0 Å². The van der Waals surface area contributed by atoms with Crippen LogP contribution in [0.3, 0.4) is 0 Å². The second kappa shape index (κ2) is 5.77. The number of nitrogens with zero attached hydrogens (tertiary/aromatic N) is 1. The van der Waals surface area contributed by atoms with E-state index in [9.17, 15) is 8.42 Å². The molecule has 0 atom stereocenters. The summed E-state index contributed by atoms with van der Waals surface area (Å²) in [5, 5.41) is 0.446. The zero-order valence-corrected chi connectivity index (χ0v) is 13.8. The molecule has 0 amide bonds. The molecule has 1 heterocycles. The van der Waals surface area contributed by atoms with E-state index in [-0.39, 0.29) is 11.4 Å². The van der Waals surface area contributed by atoms with Crippen molar-refractivity contribution in [2.24, 2.45) is 12.8 Å². The number of anilines is 1. The molecule has 108 valence electrons. The Morgan fingerprint density at radius 3 is 2.70 bits per heavy atom. The van der Waals surface area contributed by atoms with Crippen LogP contribution in [-0.2, 0) is 23.6 Å². The summed E-state index contributed by atoms with van der Waals surface area (Å²) in [5.74, 6) is 0. The Kier molecular flexibility index (Phi) is 4.43. The molecule has 0 spiro atoms. The zero-order valence-electron chi connectivity index (χ0n) is 10.6. The minimum Gasteiger partial charge on any atom is -0.352 e. The fourth-order valence-corrected chi connectivity index (χ4v) is 3.52. The smallest absolute Gasteiger partial charge is 0.263 e. The largest absolute Gasteiger partial charge is 0.352 e. The summed E-state index contributed by atoms with van der Waals surface area (Å²) in [6.07, 6.45) is 1.52. The van der Waals surface area contributed by atoms with Crippen LogP contribution >= 0.6 is 27.5 Å². The van der Waals surface area contributed by atoms with Gasteiger partial charge in [0.25, 0.3) is 10.0 Å². The Balaban J connectivity index is 2.37. The van der Waals surface area contributed by atoms with Crippen molar-refractivity contribution in [3.05, 3.63) is 45.7 Å². The molecule has 0 radical (unpaired) electrons. The van der Waals surface area contributed by atoms with Gasteiger partial charge in [0.1, 0.15) is 4.90 Å². The zero-order chi connectivity index (χ0) is 14.9. The van der Waals surface area contributed by atoms with Crippen molar-refractivity contribution >= 4 is 43.2 Å². The minimum atomic E-state index is -3.68. The van der Waals surface area contributed by atoms with Crippen molar-refractivity contribution in [1.82, 2.24) is 4.57 Å². The molecule has 0 bridgehead atoms. The van der Waals surface area contributed by atoms with Crippen molar-refractivity contribution in [1.29, 1.82) is 0 Å². The molecule has 2 aromatic rings. The van der Waals surface area contributed by atoms with Gasteiger partial charge in [-0.05, 0) is 40.2 Å². The van der Waals surface area contributed by atoms with Crippen molar-refractivity contribution < 1.29 is 8.42 Å². The maximum atomic E-state index is 12.3. The lowest BCUT2D eigenvalue weighted by molar-refractivity contribution is 0.601. The van der Waals surface area contributed by atoms with Gasteiger partial charge in [0.2, 0.25) is 0 Å². The Morgan fingerprint density at radius 1 is 1.40 bits per heavy atom. The van der Waals surface area contributed by atoms with Gasteiger partial charge in [-0.2, -0.15) is 0 Å². The summed E-state index contributed by atoms with van der Waals surface area (Å²) < 4.78 is 29.4. The quantitative estimate of drug-likeness (QED) is 0.858. The van der Waals surface area contributed by atoms with E-state index in [1.807, 2.05) is 0 Å². The van der Waals surface area contributed by atoms with Crippen LogP contribution in [0.2, 0.25) is 5.02 Å². The molecule has 0 saturated carbocycles. The molecule has 2 rings (SSSR count). The number of halogens is 2. The average molecular weight is 379 g/mol. The second-order valence-electron chi connectivity index (χ2n) is 4.21. The third-order valence-corrected chi connectivity index (χ3v) is 5.03. The molecule has 1 aromatic heterocycles. The maximum Gasteiger partial charge on any atom is 0.263 e.